The smallest absolute Gasteiger partial charge is 0.253 e. The van der Waals surface area contributed by atoms with Gasteiger partial charge in [0.1, 0.15) is 5.65 Å². The first kappa shape index (κ1) is 24.2. The van der Waals surface area contributed by atoms with Crippen LogP contribution in [-0.4, -0.2) is 50.9 Å². The van der Waals surface area contributed by atoms with Crippen molar-refractivity contribution >= 4 is 16.9 Å². The van der Waals surface area contributed by atoms with Gasteiger partial charge in [-0.15, -0.1) is 0 Å². The molecular weight excluding hydrogens is 430 g/mol. The van der Waals surface area contributed by atoms with Gasteiger partial charge in [-0.1, -0.05) is 24.3 Å². The molecule has 0 aliphatic carbocycles. The molecule has 8 heteroatoms. The van der Waals surface area contributed by atoms with E-state index in [0.717, 1.165) is 41.8 Å². The van der Waals surface area contributed by atoms with Crippen molar-refractivity contribution in [2.45, 2.75) is 65.8 Å². The lowest BCUT2D eigenvalue weighted by Gasteiger charge is -2.35. The number of benzene rings is 1. The number of fused-ring (bicyclic) bond motifs is 1. The second kappa shape index (κ2) is 10.1. The molecule has 34 heavy (non-hydrogen) atoms. The van der Waals surface area contributed by atoms with Gasteiger partial charge in [-0.25, -0.2) is 0 Å². The standard InChI is InChI=1S/C26H35N5O3/c1-16-13-31(14-17(2)34-16)15-21-8-6-20(7-9-21)12-27-23(32)11-10-22-18(3)24-19(4)29-30(5)25(24)28-26(22)33/h6-9,16-17H,10-15H2,1-5H3,(H,27,32)(H,28,33). The first-order valence-corrected chi connectivity index (χ1v) is 12.0. The second-order valence-electron chi connectivity index (χ2n) is 9.53. The summed E-state index contributed by atoms with van der Waals surface area (Å²) in [5.74, 6) is -0.0674. The number of rotatable bonds is 7. The summed E-state index contributed by atoms with van der Waals surface area (Å²) in [4.78, 5) is 30.4. The maximum atomic E-state index is 12.6. The van der Waals surface area contributed by atoms with E-state index in [0.29, 0.717) is 24.2 Å². The lowest BCUT2D eigenvalue weighted by atomic mass is 10.0. The highest BCUT2D eigenvalue weighted by Gasteiger charge is 2.22. The number of aryl methyl sites for hydroxylation is 3. The van der Waals surface area contributed by atoms with E-state index in [1.165, 1.54) is 5.56 Å². The van der Waals surface area contributed by atoms with Crippen LogP contribution in [0.1, 0.15) is 48.2 Å². The Morgan fingerprint density at radius 3 is 2.47 bits per heavy atom. The summed E-state index contributed by atoms with van der Waals surface area (Å²) in [6, 6.07) is 8.38. The van der Waals surface area contributed by atoms with E-state index in [1.54, 1.807) is 4.68 Å². The molecule has 2 unspecified atom stereocenters. The first-order chi connectivity index (χ1) is 16.2. The van der Waals surface area contributed by atoms with Crippen LogP contribution < -0.4 is 10.9 Å². The van der Waals surface area contributed by atoms with Crippen molar-refractivity contribution in [3.63, 3.8) is 0 Å². The average Bonchev–Trinajstić information content (AvgIpc) is 3.05. The van der Waals surface area contributed by atoms with Gasteiger partial charge in [-0.3, -0.25) is 19.2 Å². The average molecular weight is 466 g/mol. The lowest BCUT2D eigenvalue weighted by Crippen LogP contribution is -2.44. The Balaban J connectivity index is 1.30. The quantitative estimate of drug-likeness (QED) is 0.560. The van der Waals surface area contributed by atoms with Crippen molar-refractivity contribution in [2.75, 3.05) is 13.1 Å². The summed E-state index contributed by atoms with van der Waals surface area (Å²) in [5, 5.41) is 8.33. The molecule has 0 spiro atoms. The van der Waals surface area contributed by atoms with E-state index < -0.39 is 0 Å². The van der Waals surface area contributed by atoms with E-state index >= 15 is 0 Å². The monoisotopic (exact) mass is 465 g/mol. The van der Waals surface area contributed by atoms with Crippen LogP contribution in [0, 0.1) is 13.8 Å². The van der Waals surface area contributed by atoms with Gasteiger partial charge >= 0.3 is 0 Å². The van der Waals surface area contributed by atoms with Crippen LogP contribution in [0.2, 0.25) is 0 Å². The number of carbonyl (C=O) groups excluding carboxylic acids is 1. The van der Waals surface area contributed by atoms with Crippen LogP contribution in [0.25, 0.3) is 11.0 Å². The molecule has 1 fully saturated rings. The molecule has 2 N–H and O–H groups in total. The molecule has 1 aliphatic rings. The Morgan fingerprint density at radius 1 is 1.15 bits per heavy atom. The van der Waals surface area contributed by atoms with Crippen molar-refractivity contribution in [3.8, 4) is 0 Å². The van der Waals surface area contributed by atoms with Gasteiger partial charge in [0.25, 0.3) is 5.56 Å². The van der Waals surface area contributed by atoms with Gasteiger partial charge in [-0.05, 0) is 50.8 Å². The Morgan fingerprint density at radius 2 is 1.79 bits per heavy atom. The maximum absolute atomic E-state index is 12.6. The van der Waals surface area contributed by atoms with Crippen molar-refractivity contribution in [3.05, 3.63) is 62.6 Å². The minimum atomic E-state index is -0.152. The summed E-state index contributed by atoms with van der Waals surface area (Å²) < 4.78 is 7.49. The predicted octanol–water partition coefficient (Wildman–Crippen LogP) is 2.74. The van der Waals surface area contributed by atoms with Crippen LogP contribution in [0.15, 0.2) is 29.1 Å². The summed E-state index contributed by atoms with van der Waals surface area (Å²) >= 11 is 0. The van der Waals surface area contributed by atoms with E-state index in [4.69, 9.17) is 4.74 Å². The van der Waals surface area contributed by atoms with E-state index in [9.17, 15) is 9.59 Å². The number of aromatic nitrogens is 3. The Kier molecular flexibility index (Phi) is 7.19. The number of ether oxygens (including phenoxy) is 1. The number of aromatic amines is 1. The Labute approximate surface area is 200 Å². The van der Waals surface area contributed by atoms with Gasteiger partial charge in [-0.2, -0.15) is 5.10 Å². The second-order valence-corrected chi connectivity index (χ2v) is 9.53. The Hall–Kier alpha value is -2.97. The SMILES string of the molecule is Cc1nn(C)c2[nH]c(=O)c(CCC(=O)NCc3ccc(CN4CC(C)OC(C)C4)cc3)c(C)c12. The molecular formula is C26H35N5O3. The van der Waals surface area contributed by atoms with Crippen LogP contribution in [-0.2, 0) is 36.1 Å². The lowest BCUT2D eigenvalue weighted by molar-refractivity contribution is -0.121. The fraction of sp³-hybridized carbons (Fsp3) is 0.500. The highest BCUT2D eigenvalue weighted by molar-refractivity contribution is 5.83. The number of amides is 1. The Bertz CT molecular complexity index is 1220. The third kappa shape index (κ3) is 5.39. The van der Waals surface area contributed by atoms with Gasteiger partial charge in [0.05, 0.1) is 17.9 Å². The summed E-state index contributed by atoms with van der Waals surface area (Å²) in [6.45, 7) is 11.3. The van der Waals surface area contributed by atoms with Crippen LogP contribution in [0.4, 0.5) is 0 Å². The molecule has 3 aromatic rings. The largest absolute Gasteiger partial charge is 0.373 e. The maximum Gasteiger partial charge on any atom is 0.253 e. The number of morpholine rings is 1. The molecule has 1 aliphatic heterocycles. The third-order valence-electron chi connectivity index (χ3n) is 6.57. The van der Waals surface area contributed by atoms with Crippen LogP contribution in [0.3, 0.4) is 0 Å². The third-order valence-corrected chi connectivity index (χ3v) is 6.57. The predicted molar refractivity (Wildman–Crippen MR) is 133 cm³/mol. The summed E-state index contributed by atoms with van der Waals surface area (Å²) in [5.41, 5.74) is 5.30. The molecule has 1 aromatic carbocycles. The van der Waals surface area contributed by atoms with Crippen molar-refractivity contribution in [1.29, 1.82) is 0 Å². The molecule has 1 amide bonds. The first-order valence-electron chi connectivity index (χ1n) is 12.0. The molecule has 1 saturated heterocycles. The molecule has 4 rings (SSSR count). The van der Waals surface area contributed by atoms with Crippen molar-refractivity contribution < 1.29 is 9.53 Å². The minimum Gasteiger partial charge on any atom is -0.373 e. The van der Waals surface area contributed by atoms with E-state index in [-0.39, 0.29) is 30.1 Å². The highest BCUT2D eigenvalue weighted by atomic mass is 16.5. The summed E-state index contributed by atoms with van der Waals surface area (Å²) in [6.07, 6.45) is 1.17. The number of nitrogens with zero attached hydrogens (tertiary/aromatic N) is 3. The van der Waals surface area contributed by atoms with Gasteiger partial charge < -0.3 is 15.0 Å². The highest BCUT2D eigenvalue weighted by Crippen LogP contribution is 2.21. The number of nitrogens with one attached hydrogen (secondary N) is 2. The van der Waals surface area contributed by atoms with Gasteiger partial charge in [0.2, 0.25) is 5.91 Å². The van der Waals surface area contributed by atoms with Crippen LogP contribution >= 0.6 is 0 Å². The van der Waals surface area contributed by atoms with Crippen molar-refractivity contribution in [2.24, 2.45) is 7.05 Å². The van der Waals surface area contributed by atoms with Gasteiger partial charge in [0, 0.05) is 50.6 Å². The molecule has 3 heterocycles. The molecule has 0 bridgehead atoms. The number of H-pyrrole nitrogens is 1. The molecule has 0 saturated carbocycles. The van der Waals surface area contributed by atoms with E-state index in [2.05, 4.69) is 58.4 Å². The zero-order chi connectivity index (χ0) is 24.4. The molecule has 2 atom stereocenters. The number of carbonyl (C=O) groups is 1. The summed E-state index contributed by atoms with van der Waals surface area (Å²) in [7, 11) is 1.81. The fourth-order valence-electron chi connectivity index (χ4n) is 5.02. The normalized spacial score (nSPS) is 19.0. The molecule has 8 nitrogen and oxygen atoms in total. The van der Waals surface area contributed by atoms with E-state index in [1.807, 2.05) is 20.9 Å². The molecule has 0 radical (unpaired) electrons. The zero-order valence-electron chi connectivity index (χ0n) is 20.8. The molecule has 2 aromatic heterocycles. The topological polar surface area (TPSA) is 92.2 Å². The molecule has 182 valence electrons. The van der Waals surface area contributed by atoms with Crippen molar-refractivity contribution in [1.82, 2.24) is 25.0 Å². The number of hydrogen-bond donors (Lipinski definition) is 2. The number of hydrogen-bond acceptors (Lipinski definition) is 5. The van der Waals surface area contributed by atoms with Gasteiger partial charge in [0.15, 0.2) is 0 Å². The van der Waals surface area contributed by atoms with Crippen LogP contribution in [0.5, 0.6) is 0 Å². The fourth-order valence-corrected chi connectivity index (χ4v) is 5.02. The number of pyridine rings is 1. The minimum absolute atomic E-state index is 0.0674. The zero-order valence-corrected chi connectivity index (χ0v) is 20.8.